The molecule has 0 radical (unpaired) electrons. The summed E-state index contributed by atoms with van der Waals surface area (Å²) in [6.07, 6.45) is 0. The molecule has 0 saturated heterocycles. The zero-order chi connectivity index (χ0) is 13.1. The fraction of sp³-hybridized carbons (Fsp3) is 0.667. The minimum Gasteiger partial charge on any atom is -0.382 e. The molecular weight excluding hydrogens is 320 g/mol. The van der Waals surface area contributed by atoms with Gasteiger partial charge in [-0.1, -0.05) is 0 Å². The lowest BCUT2D eigenvalue weighted by Crippen LogP contribution is -2.11. The summed E-state index contributed by atoms with van der Waals surface area (Å²) in [6, 6.07) is 4.08. The van der Waals surface area contributed by atoms with Gasteiger partial charge in [0.25, 0.3) is 0 Å². The summed E-state index contributed by atoms with van der Waals surface area (Å²) in [5.41, 5.74) is 0. The fourth-order valence-electron chi connectivity index (χ4n) is 1.18. The third kappa shape index (κ3) is 8.18. The molecule has 6 heteroatoms. The lowest BCUT2D eigenvalue weighted by atomic mass is 10.5. The molecule has 0 aliphatic rings. The van der Waals surface area contributed by atoms with Crippen LogP contribution in [0.25, 0.3) is 0 Å². The minimum absolute atomic E-state index is 0.595. The van der Waals surface area contributed by atoms with Gasteiger partial charge >= 0.3 is 0 Å². The monoisotopic (exact) mass is 338 g/mol. The summed E-state index contributed by atoms with van der Waals surface area (Å²) in [7, 11) is 1.66. The molecule has 1 aromatic rings. The second-order valence-corrected chi connectivity index (χ2v) is 6.02. The molecule has 0 saturated carbocycles. The lowest BCUT2D eigenvalue weighted by Gasteiger charge is -2.06. The molecule has 1 heterocycles. The number of rotatable bonds is 11. The number of thiophene rings is 1. The van der Waals surface area contributed by atoms with Crippen LogP contribution in [0.15, 0.2) is 15.9 Å². The van der Waals surface area contributed by atoms with Crippen LogP contribution in [-0.4, -0.2) is 46.8 Å². The molecule has 1 aromatic heterocycles. The second-order valence-electron chi connectivity index (χ2n) is 3.48. The van der Waals surface area contributed by atoms with E-state index in [4.69, 9.17) is 18.9 Å². The molecule has 0 spiro atoms. The molecule has 0 amide bonds. The molecule has 1 rings (SSSR count). The first kappa shape index (κ1) is 16.1. The summed E-state index contributed by atoms with van der Waals surface area (Å²) >= 11 is 5.10. The summed E-state index contributed by atoms with van der Waals surface area (Å²) in [5.74, 6) is 0. The standard InChI is InChI=1S/C12H19BrO4S/c1-14-4-5-15-6-7-16-8-9-17-10-11-2-3-12(13)18-11/h2-3H,4-10H2,1H3. The number of hydrogen-bond acceptors (Lipinski definition) is 5. The van der Waals surface area contributed by atoms with Crippen LogP contribution in [0.3, 0.4) is 0 Å². The Morgan fingerprint density at radius 1 is 0.944 bits per heavy atom. The number of halogens is 1. The molecule has 0 bridgehead atoms. The van der Waals surface area contributed by atoms with Gasteiger partial charge in [-0.05, 0) is 28.1 Å². The molecule has 104 valence electrons. The lowest BCUT2D eigenvalue weighted by molar-refractivity contribution is 0.00120. The van der Waals surface area contributed by atoms with Gasteiger partial charge in [-0.15, -0.1) is 11.3 Å². The van der Waals surface area contributed by atoms with Crippen LogP contribution >= 0.6 is 27.3 Å². The average Bonchev–Trinajstić information content (AvgIpc) is 2.77. The van der Waals surface area contributed by atoms with Crippen molar-refractivity contribution < 1.29 is 18.9 Å². The van der Waals surface area contributed by atoms with Crippen molar-refractivity contribution in [3.63, 3.8) is 0 Å². The Labute approximate surface area is 120 Å². The van der Waals surface area contributed by atoms with Crippen LogP contribution in [0.1, 0.15) is 4.88 Å². The molecule has 0 aliphatic heterocycles. The van der Waals surface area contributed by atoms with Gasteiger partial charge in [-0.2, -0.15) is 0 Å². The van der Waals surface area contributed by atoms with E-state index >= 15 is 0 Å². The first-order valence-corrected chi connectivity index (χ1v) is 7.40. The van der Waals surface area contributed by atoms with E-state index in [1.54, 1.807) is 18.4 Å². The highest BCUT2D eigenvalue weighted by Crippen LogP contribution is 2.22. The van der Waals surface area contributed by atoms with Crippen molar-refractivity contribution >= 4 is 27.3 Å². The first-order valence-electron chi connectivity index (χ1n) is 5.79. The van der Waals surface area contributed by atoms with E-state index in [0.717, 1.165) is 3.79 Å². The van der Waals surface area contributed by atoms with E-state index in [-0.39, 0.29) is 0 Å². The van der Waals surface area contributed by atoms with Crippen molar-refractivity contribution in [2.24, 2.45) is 0 Å². The largest absolute Gasteiger partial charge is 0.382 e. The molecule has 4 nitrogen and oxygen atoms in total. The SMILES string of the molecule is COCCOCCOCCOCc1ccc(Br)s1. The predicted octanol–water partition coefficient (Wildman–Crippen LogP) is 2.71. The van der Waals surface area contributed by atoms with E-state index in [9.17, 15) is 0 Å². The quantitative estimate of drug-likeness (QED) is 0.581. The number of methoxy groups -OCH3 is 1. The van der Waals surface area contributed by atoms with Crippen molar-refractivity contribution in [1.82, 2.24) is 0 Å². The van der Waals surface area contributed by atoms with Crippen molar-refractivity contribution in [3.8, 4) is 0 Å². The number of ether oxygens (including phenoxy) is 4. The molecule has 18 heavy (non-hydrogen) atoms. The zero-order valence-electron chi connectivity index (χ0n) is 10.5. The predicted molar refractivity (Wildman–Crippen MR) is 75.2 cm³/mol. The van der Waals surface area contributed by atoms with E-state index in [2.05, 4.69) is 22.0 Å². The summed E-state index contributed by atoms with van der Waals surface area (Å²) < 4.78 is 22.1. The zero-order valence-corrected chi connectivity index (χ0v) is 12.9. The third-order valence-electron chi connectivity index (χ3n) is 2.05. The Morgan fingerprint density at radius 2 is 1.56 bits per heavy atom. The molecule has 0 aromatic carbocycles. The van der Waals surface area contributed by atoms with Crippen LogP contribution in [0, 0.1) is 0 Å². The fourth-order valence-corrected chi connectivity index (χ4v) is 2.60. The second kappa shape index (κ2) is 10.9. The third-order valence-corrected chi connectivity index (χ3v) is 3.65. The van der Waals surface area contributed by atoms with Gasteiger partial charge in [0.1, 0.15) is 0 Å². The Kier molecular flexibility index (Phi) is 9.73. The van der Waals surface area contributed by atoms with E-state index in [0.29, 0.717) is 46.2 Å². The average molecular weight is 339 g/mol. The molecular formula is C12H19BrO4S. The summed E-state index contributed by atoms with van der Waals surface area (Å²) in [4.78, 5) is 1.21. The highest BCUT2D eigenvalue weighted by Gasteiger charge is 1.97. The maximum atomic E-state index is 5.48. The van der Waals surface area contributed by atoms with Gasteiger partial charge in [0.15, 0.2) is 0 Å². The van der Waals surface area contributed by atoms with Crippen molar-refractivity contribution in [1.29, 1.82) is 0 Å². The van der Waals surface area contributed by atoms with Gasteiger partial charge in [-0.3, -0.25) is 0 Å². The van der Waals surface area contributed by atoms with E-state index in [1.165, 1.54) is 4.88 Å². The van der Waals surface area contributed by atoms with Crippen LogP contribution in [0.2, 0.25) is 0 Å². The van der Waals surface area contributed by atoms with Crippen LogP contribution in [0.5, 0.6) is 0 Å². The van der Waals surface area contributed by atoms with Crippen molar-refractivity contribution in [2.75, 3.05) is 46.8 Å². The van der Waals surface area contributed by atoms with Crippen LogP contribution < -0.4 is 0 Å². The van der Waals surface area contributed by atoms with E-state index in [1.807, 2.05) is 6.07 Å². The van der Waals surface area contributed by atoms with Crippen LogP contribution in [-0.2, 0) is 25.6 Å². The molecule has 0 atom stereocenters. The molecule has 0 aliphatic carbocycles. The Bertz CT molecular complexity index is 306. The Morgan fingerprint density at radius 3 is 2.11 bits per heavy atom. The topological polar surface area (TPSA) is 36.9 Å². The van der Waals surface area contributed by atoms with Gasteiger partial charge < -0.3 is 18.9 Å². The van der Waals surface area contributed by atoms with Gasteiger partial charge in [0, 0.05) is 12.0 Å². The van der Waals surface area contributed by atoms with Gasteiger partial charge in [0.05, 0.1) is 50.0 Å². The maximum Gasteiger partial charge on any atom is 0.0810 e. The normalized spacial score (nSPS) is 11.0. The van der Waals surface area contributed by atoms with Crippen molar-refractivity contribution in [2.45, 2.75) is 6.61 Å². The smallest absolute Gasteiger partial charge is 0.0810 e. The molecule has 0 fully saturated rings. The maximum absolute atomic E-state index is 5.48. The number of hydrogen-bond donors (Lipinski definition) is 0. The summed E-state index contributed by atoms with van der Waals surface area (Å²) in [6.45, 7) is 4.28. The Hall–Kier alpha value is 0.0200. The van der Waals surface area contributed by atoms with Crippen LogP contribution in [0.4, 0.5) is 0 Å². The minimum atomic E-state index is 0.595. The van der Waals surface area contributed by atoms with Gasteiger partial charge in [0.2, 0.25) is 0 Å². The summed E-state index contributed by atoms with van der Waals surface area (Å²) in [5, 5.41) is 0. The van der Waals surface area contributed by atoms with Gasteiger partial charge in [-0.25, -0.2) is 0 Å². The Balaban J connectivity index is 1.81. The highest BCUT2D eigenvalue weighted by atomic mass is 79.9. The highest BCUT2D eigenvalue weighted by molar-refractivity contribution is 9.11. The first-order chi connectivity index (χ1) is 8.83. The van der Waals surface area contributed by atoms with E-state index < -0.39 is 0 Å². The molecule has 0 unspecified atom stereocenters. The van der Waals surface area contributed by atoms with Crippen molar-refractivity contribution in [3.05, 3.63) is 20.8 Å². The molecule has 0 N–H and O–H groups in total.